The summed E-state index contributed by atoms with van der Waals surface area (Å²) in [6, 6.07) is 14.9. The molecule has 0 aliphatic carbocycles. The van der Waals surface area contributed by atoms with Crippen molar-refractivity contribution in [2.75, 3.05) is 55.4 Å². The van der Waals surface area contributed by atoms with Crippen molar-refractivity contribution in [3.05, 3.63) is 77.6 Å². The minimum absolute atomic E-state index is 0.0496. The molecule has 3 N–H and O–H groups in total. The average molecular weight is 601 g/mol. The van der Waals surface area contributed by atoms with Crippen LogP contribution < -0.4 is 20.7 Å². The molecule has 9 nitrogen and oxygen atoms in total. The largest absolute Gasteiger partial charge is 0.493 e. The van der Waals surface area contributed by atoms with E-state index < -0.39 is 22.8 Å². The van der Waals surface area contributed by atoms with Gasteiger partial charge in [-0.1, -0.05) is 17.7 Å². The summed E-state index contributed by atoms with van der Waals surface area (Å²) in [4.78, 5) is 23.6. The minimum Gasteiger partial charge on any atom is -0.493 e. The van der Waals surface area contributed by atoms with Gasteiger partial charge < -0.3 is 25.4 Å². The second-order valence-electron chi connectivity index (χ2n) is 9.53. The van der Waals surface area contributed by atoms with Crippen molar-refractivity contribution in [2.24, 2.45) is 0 Å². The molecule has 0 atom stereocenters. The minimum atomic E-state index is -4.64. The Bertz CT molecular complexity index is 1550. The summed E-state index contributed by atoms with van der Waals surface area (Å²) in [5.41, 5.74) is 0.655. The summed E-state index contributed by atoms with van der Waals surface area (Å²) in [5.74, 6) is 1.27. The van der Waals surface area contributed by atoms with Crippen LogP contribution in [0.4, 0.5) is 40.8 Å². The molecule has 1 aliphatic heterocycles. The topological polar surface area (TPSA) is 101 Å². The van der Waals surface area contributed by atoms with E-state index in [1.807, 2.05) is 18.2 Å². The van der Waals surface area contributed by atoms with Crippen LogP contribution >= 0.6 is 11.6 Å². The summed E-state index contributed by atoms with van der Waals surface area (Å²) in [5, 5.41) is 8.56. The van der Waals surface area contributed by atoms with E-state index in [4.69, 9.17) is 21.1 Å². The smallest absolute Gasteiger partial charge is 0.417 e. The molecule has 3 aromatic carbocycles. The van der Waals surface area contributed by atoms with Crippen molar-refractivity contribution < 1.29 is 27.4 Å². The maximum Gasteiger partial charge on any atom is 0.417 e. The number of alkyl halides is 3. The Kier molecular flexibility index (Phi) is 9.25. The number of aromatic nitrogens is 2. The van der Waals surface area contributed by atoms with Crippen LogP contribution in [-0.2, 0) is 10.9 Å². The number of nitrogens with zero attached hydrogens (tertiary/aromatic N) is 3. The highest BCUT2D eigenvalue weighted by Gasteiger charge is 2.33. The van der Waals surface area contributed by atoms with Gasteiger partial charge in [0.2, 0.25) is 0 Å². The lowest BCUT2D eigenvalue weighted by Crippen LogP contribution is -2.37. The van der Waals surface area contributed by atoms with Crippen molar-refractivity contribution >= 4 is 51.4 Å². The van der Waals surface area contributed by atoms with Crippen LogP contribution in [0, 0.1) is 0 Å². The quantitative estimate of drug-likeness (QED) is 0.182. The molecule has 0 bridgehead atoms. The highest BCUT2D eigenvalue weighted by atomic mass is 35.5. The third-order valence-electron chi connectivity index (χ3n) is 6.51. The number of morpholine rings is 1. The lowest BCUT2D eigenvalue weighted by atomic mass is 10.2. The summed E-state index contributed by atoms with van der Waals surface area (Å²) < 4.78 is 50.7. The van der Waals surface area contributed by atoms with Crippen LogP contribution in [0.15, 0.2) is 67.0 Å². The molecule has 1 saturated heterocycles. The predicted octanol–water partition coefficient (Wildman–Crippen LogP) is 6.79. The van der Waals surface area contributed by atoms with Gasteiger partial charge >= 0.3 is 12.2 Å². The maximum absolute atomic E-state index is 13.1. The van der Waals surface area contributed by atoms with Crippen LogP contribution in [0.3, 0.4) is 0 Å². The Morgan fingerprint density at radius 3 is 2.52 bits per heavy atom. The second-order valence-corrected chi connectivity index (χ2v) is 9.94. The van der Waals surface area contributed by atoms with Gasteiger partial charge in [0, 0.05) is 48.1 Å². The molecule has 4 aromatic rings. The van der Waals surface area contributed by atoms with Gasteiger partial charge in [0.05, 0.1) is 35.9 Å². The lowest BCUT2D eigenvalue weighted by Gasteiger charge is -2.26. The molecule has 2 heterocycles. The maximum atomic E-state index is 13.1. The number of anilines is 4. The van der Waals surface area contributed by atoms with E-state index in [1.165, 1.54) is 12.4 Å². The number of hydrogen-bond acceptors (Lipinski definition) is 7. The third kappa shape index (κ3) is 7.78. The van der Waals surface area contributed by atoms with Crippen LogP contribution in [0.1, 0.15) is 12.0 Å². The fourth-order valence-electron chi connectivity index (χ4n) is 4.45. The molecule has 2 amide bonds. The number of fused-ring (bicyclic) bond motifs is 1. The van der Waals surface area contributed by atoms with Gasteiger partial charge in [-0.15, -0.1) is 0 Å². The van der Waals surface area contributed by atoms with Crippen molar-refractivity contribution in [3.8, 4) is 5.75 Å². The molecule has 0 saturated carbocycles. The van der Waals surface area contributed by atoms with Crippen LogP contribution in [-0.4, -0.2) is 60.4 Å². The van der Waals surface area contributed by atoms with E-state index >= 15 is 0 Å². The van der Waals surface area contributed by atoms with Gasteiger partial charge in [0.15, 0.2) is 0 Å². The van der Waals surface area contributed by atoms with E-state index in [2.05, 4.69) is 30.8 Å². The summed E-state index contributed by atoms with van der Waals surface area (Å²) in [7, 11) is 0. The van der Waals surface area contributed by atoms with Gasteiger partial charge in [-0.2, -0.15) is 13.2 Å². The van der Waals surface area contributed by atoms with Gasteiger partial charge in [-0.25, -0.2) is 14.8 Å². The molecule has 0 radical (unpaired) electrons. The van der Waals surface area contributed by atoms with Gasteiger partial charge in [-0.3, -0.25) is 4.90 Å². The number of urea groups is 1. The fourth-order valence-corrected chi connectivity index (χ4v) is 4.68. The summed E-state index contributed by atoms with van der Waals surface area (Å²) in [6.45, 7) is 5.00. The molecule has 1 aromatic heterocycles. The number of rotatable bonds is 9. The number of carbonyl (C=O) groups excluding carboxylic acids is 1. The van der Waals surface area contributed by atoms with Gasteiger partial charge in [0.25, 0.3) is 0 Å². The number of ether oxygens (including phenoxy) is 2. The number of carbonyl (C=O) groups is 1. The van der Waals surface area contributed by atoms with Gasteiger partial charge in [-0.05, 0) is 55.0 Å². The van der Waals surface area contributed by atoms with E-state index in [0.29, 0.717) is 29.3 Å². The molecule has 220 valence electrons. The Balaban J connectivity index is 1.19. The summed E-state index contributed by atoms with van der Waals surface area (Å²) >= 11 is 5.65. The third-order valence-corrected chi connectivity index (χ3v) is 6.84. The van der Waals surface area contributed by atoms with E-state index in [-0.39, 0.29) is 5.69 Å². The molecular weight excluding hydrogens is 573 g/mol. The first kappa shape index (κ1) is 29.4. The van der Waals surface area contributed by atoms with E-state index in [0.717, 1.165) is 62.5 Å². The van der Waals surface area contributed by atoms with Crippen molar-refractivity contribution in [3.63, 3.8) is 0 Å². The van der Waals surface area contributed by atoms with Crippen molar-refractivity contribution in [2.45, 2.75) is 12.6 Å². The Hall–Kier alpha value is -4.13. The standard InChI is InChI=1S/C29H28ClF3N6O3/c30-25-8-5-21(16-24(25)29(31,32)33)38-28(40)37-20-4-1-3-19(15-20)36-27-23-7-6-22(17-26(23)34-18-35-27)42-12-2-9-39-10-13-41-14-11-39/h1,3-8,15-18H,2,9-14H2,(H,34,35,36)(H2,37,38,40). The number of amides is 2. The monoisotopic (exact) mass is 600 g/mol. The van der Waals surface area contributed by atoms with Crippen LogP contribution in [0.25, 0.3) is 10.9 Å². The average Bonchev–Trinajstić information content (AvgIpc) is 2.96. The molecule has 42 heavy (non-hydrogen) atoms. The van der Waals surface area contributed by atoms with Crippen molar-refractivity contribution in [1.82, 2.24) is 14.9 Å². The Labute approximate surface area is 245 Å². The number of nitrogens with one attached hydrogen (secondary N) is 3. The van der Waals surface area contributed by atoms with E-state index in [9.17, 15) is 18.0 Å². The van der Waals surface area contributed by atoms with Crippen molar-refractivity contribution in [1.29, 1.82) is 0 Å². The fraction of sp³-hybridized carbons (Fsp3) is 0.276. The molecule has 13 heteroatoms. The zero-order valence-corrected chi connectivity index (χ0v) is 23.1. The zero-order valence-electron chi connectivity index (χ0n) is 22.4. The Morgan fingerprint density at radius 1 is 0.976 bits per heavy atom. The summed E-state index contributed by atoms with van der Waals surface area (Å²) in [6.07, 6.45) is -2.29. The number of hydrogen-bond donors (Lipinski definition) is 3. The van der Waals surface area contributed by atoms with Gasteiger partial charge in [0.1, 0.15) is 17.9 Å². The molecule has 5 rings (SSSR count). The SMILES string of the molecule is O=C(Nc1cccc(Nc2ncnc3cc(OCCCN4CCOCC4)ccc23)c1)Nc1ccc(Cl)c(C(F)(F)F)c1. The lowest BCUT2D eigenvalue weighted by molar-refractivity contribution is -0.137. The first-order valence-corrected chi connectivity index (χ1v) is 13.6. The zero-order chi connectivity index (χ0) is 29.5. The molecule has 0 unspecified atom stereocenters. The van der Waals surface area contributed by atoms with E-state index in [1.54, 1.807) is 24.3 Å². The highest BCUT2D eigenvalue weighted by Crippen LogP contribution is 2.36. The Morgan fingerprint density at radius 2 is 1.74 bits per heavy atom. The normalized spacial score (nSPS) is 14.0. The first-order chi connectivity index (χ1) is 20.2. The number of benzene rings is 3. The molecule has 0 spiro atoms. The number of halogens is 4. The molecule has 1 aliphatic rings. The second kappa shape index (κ2) is 13.2. The highest BCUT2D eigenvalue weighted by molar-refractivity contribution is 6.31. The first-order valence-electron chi connectivity index (χ1n) is 13.2. The molecule has 1 fully saturated rings. The predicted molar refractivity (Wildman–Crippen MR) is 156 cm³/mol. The van der Waals surface area contributed by atoms with Crippen LogP contribution in [0.2, 0.25) is 5.02 Å². The molecular formula is C29H28ClF3N6O3. The van der Waals surface area contributed by atoms with Crippen LogP contribution in [0.5, 0.6) is 5.75 Å².